The van der Waals surface area contributed by atoms with Crippen LogP contribution in [0.15, 0.2) is 91.0 Å². The van der Waals surface area contributed by atoms with E-state index in [-0.39, 0.29) is 6.61 Å². The first-order valence-corrected chi connectivity index (χ1v) is 8.98. The Morgan fingerprint density at radius 3 is 1.89 bits per heavy atom. The summed E-state index contributed by atoms with van der Waals surface area (Å²) in [6, 6.07) is 26.6. The van der Waals surface area contributed by atoms with Crippen molar-refractivity contribution in [2.45, 2.75) is 19.1 Å². The maximum atomic E-state index is 12.6. The third-order valence-electron chi connectivity index (χ3n) is 4.03. The molecule has 5 heteroatoms. The van der Waals surface area contributed by atoms with Crippen LogP contribution in [0.4, 0.5) is 4.79 Å². The first-order chi connectivity index (χ1) is 13.7. The average Bonchev–Trinajstić information content (AvgIpc) is 2.74. The summed E-state index contributed by atoms with van der Waals surface area (Å²) in [7, 11) is 0. The lowest BCUT2D eigenvalue weighted by molar-refractivity contribution is -0.136. The molecule has 0 aromatic heterocycles. The van der Waals surface area contributed by atoms with Crippen LogP contribution in [0.2, 0.25) is 0 Å². The summed E-state index contributed by atoms with van der Waals surface area (Å²) in [4.78, 5) is 24.9. The van der Waals surface area contributed by atoms with Crippen LogP contribution in [-0.4, -0.2) is 18.1 Å². The van der Waals surface area contributed by atoms with E-state index in [1.165, 1.54) is 0 Å². The molecule has 0 aliphatic rings. The van der Waals surface area contributed by atoms with Gasteiger partial charge in [-0.25, -0.2) is 9.59 Å². The average molecular weight is 375 g/mol. The molecular weight excluding hydrogens is 354 g/mol. The molecule has 3 rings (SSSR count). The summed E-state index contributed by atoms with van der Waals surface area (Å²) in [5.74, 6) is -0.128. The monoisotopic (exact) mass is 375 g/mol. The molecule has 0 radical (unpaired) electrons. The number of ether oxygens (including phenoxy) is 2. The van der Waals surface area contributed by atoms with E-state index >= 15 is 0 Å². The third-order valence-corrected chi connectivity index (χ3v) is 4.03. The molecule has 3 aromatic carbocycles. The van der Waals surface area contributed by atoms with Gasteiger partial charge in [0.1, 0.15) is 18.4 Å². The minimum atomic E-state index is -0.870. The van der Waals surface area contributed by atoms with Crippen LogP contribution in [0.3, 0.4) is 0 Å². The van der Waals surface area contributed by atoms with Gasteiger partial charge in [0.2, 0.25) is 0 Å². The van der Waals surface area contributed by atoms with Crippen molar-refractivity contribution in [1.82, 2.24) is 5.32 Å². The molecule has 0 spiro atoms. The predicted molar refractivity (Wildman–Crippen MR) is 106 cm³/mol. The molecule has 0 aliphatic carbocycles. The van der Waals surface area contributed by atoms with Gasteiger partial charge in [0.05, 0.1) is 0 Å². The SMILES string of the molecule is O=C(N[C@@H](Cc1ccccc1)C(=O)Oc1ccccc1)OCc1ccccc1. The van der Waals surface area contributed by atoms with E-state index in [4.69, 9.17) is 9.47 Å². The smallest absolute Gasteiger partial charge is 0.408 e. The highest BCUT2D eigenvalue weighted by molar-refractivity contribution is 5.83. The van der Waals surface area contributed by atoms with Crippen molar-refractivity contribution in [3.8, 4) is 5.75 Å². The molecule has 0 heterocycles. The van der Waals surface area contributed by atoms with Crippen molar-refractivity contribution < 1.29 is 19.1 Å². The highest BCUT2D eigenvalue weighted by Crippen LogP contribution is 2.12. The Kier molecular flexibility index (Phi) is 6.79. The molecule has 1 amide bonds. The molecule has 1 N–H and O–H groups in total. The first kappa shape index (κ1) is 19.2. The summed E-state index contributed by atoms with van der Waals surface area (Å²) in [6.45, 7) is 0.123. The van der Waals surface area contributed by atoms with Crippen molar-refractivity contribution >= 4 is 12.1 Å². The van der Waals surface area contributed by atoms with Gasteiger partial charge in [-0.1, -0.05) is 78.9 Å². The maximum Gasteiger partial charge on any atom is 0.408 e. The van der Waals surface area contributed by atoms with Crippen LogP contribution in [-0.2, 0) is 22.6 Å². The van der Waals surface area contributed by atoms with Crippen LogP contribution in [0, 0.1) is 0 Å². The van der Waals surface area contributed by atoms with Crippen molar-refractivity contribution in [3.05, 3.63) is 102 Å². The second kappa shape index (κ2) is 9.92. The number of amides is 1. The van der Waals surface area contributed by atoms with E-state index in [1.54, 1.807) is 24.3 Å². The second-order valence-electron chi connectivity index (χ2n) is 6.18. The lowest BCUT2D eigenvalue weighted by atomic mass is 10.1. The largest absolute Gasteiger partial charge is 0.445 e. The number of hydrogen-bond donors (Lipinski definition) is 1. The maximum absolute atomic E-state index is 12.6. The molecule has 28 heavy (non-hydrogen) atoms. The van der Waals surface area contributed by atoms with Crippen LogP contribution >= 0.6 is 0 Å². The summed E-state index contributed by atoms with van der Waals surface area (Å²) in [5.41, 5.74) is 1.77. The Hall–Kier alpha value is -3.60. The Bertz CT molecular complexity index is 882. The van der Waals surface area contributed by atoms with E-state index in [2.05, 4.69) is 5.32 Å². The molecule has 0 saturated heterocycles. The van der Waals surface area contributed by atoms with Gasteiger partial charge < -0.3 is 14.8 Å². The fraction of sp³-hybridized carbons (Fsp3) is 0.130. The number of alkyl carbamates (subject to hydrolysis) is 1. The minimum absolute atomic E-state index is 0.123. The standard InChI is InChI=1S/C23H21NO4/c25-22(28-20-14-8-3-9-15-20)21(16-18-10-4-1-5-11-18)24-23(26)27-17-19-12-6-2-7-13-19/h1-15,21H,16-17H2,(H,24,26)/t21-/m0/s1. The molecule has 0 unspecified atom stereocenters. The van der Waals surface area contributed by atoms with E-state index in [1.807, 2.05) is 66.7 Å². The van der Waals surface area contributed by atoms with Gasteiger partial charge in [0, 0.05) is 6.42 Å². The zero-order valence-electron chi connectivity index (χ0n) is 15.3. The Morgan fingerprint density at radius 2 is 1.29 bits per heavy atom. The topological polar surface area (TPSA) is 64.6 Å². The Balaban J connectivity index is 1.64. The molecular formula is C23H21NO4. The van der Waals surface area contributed by atoms with Crippen LogP contribution in [0.5, 0.6) is 5.75 Å². The second-order valence-corrected chi connectivity index (χ2v) is 6.18. The molecule has 0 aliphatic heterocycles. The quantitative estimate of drug-likeness (QED) is 0.498. The number of hydrogen-bond acceptors (Lipinski definition) is 4. The number of esters is 1. The third kappa shape index (κ3) is 5.99. The van der Waals surface area contributed by atoms with Crippen LogP contribution in [0.25, 0.3) is 0 Å². The van der Waals surface area contributed by atoms with Gasteiger partial charge in [0.25, 0.3) is 0 Å². The van der Waals surface area contributed by atoms with E-state index < -0.39 is 18.1 Å². The summed E-state index contributed by atoms with van der Waals surface area (Å²) in [6.07, 6.45) is -0.373. The van der Waals surface area contributed by atoms with Gasteiger partial charge >= 0.3 is 12.1 Å². The molecule has 3 aromatic rings. The zero-order chi connectivity index (χ0) is 19.6. The molecule has 142 valence electrons. The number of benzene rings is 3. The van der Waals surface area contributed by atoms with Gasteiger partial charge in [0.15, 0.2) is 0 Å². The minimum Gasteiger partial charge on any atom is -0.445 e. The van der Waals surface area contributed by atoms with Gasteiger partial charge in [-0.05, 0) is 23.3 Å². The normalized spacial score (nSPS) is 11.3. The number of carbonyl (C=O) groups is 2. The first-order valence-electron chi connectivity index (χ1n) is 8.98. The Labute approximate surface area is 163 Å². The van der Waals surface area contributed by atoms with E-state index in [0.29, 0.717) is 12.2 Å². The van der Waals surface area contributed by atoms with Crippen molar-refractivity contribution in [1.29, 1.82) is 0 Å². The van der Waals surface area contributed by atoms with Gasteiger partial charge in [-0.2, -0.15) is 0 Å². The molecule has 0 bridgehead atoms. The molecule has 0 fully saturated rings. The van der Waals surface area contributed by atoms with Crippen molar-refractivity contribution in [3.63, 3.8) is 0 Å². The zero-order valence-corrected chi connectivity index (χ0v) is 15.3. The number of carbonyl (C=O) groups excluding carboxylic acids is 2. The van der Waals surface area contributed by atoms with Crippen molar-refractivity contribution in [2.75, 3.05) is 0 Å². The van der Waals surface area contributed by atoms with E-state index in [9.17, 15) is 9.59 Å². The van der Waals surface area contributed by atoms with Crippen molar-refractivity contribution in [2.24, 2.45) is 0 Å². The Morgan fingerprint density at radius 1 is 0.750 bits per heavy atom. The molecule has 0 saturated carbocycles. The number of para-hydroxylation sites is 1. The summed E-state index contributed by atoms with van der Waals surface area (Å²) < 4.78 is 10.6. The van der Waals surface area contributed by atoms with Gasteiger partial charge in [-0.3, -0.25) is 0 Å². The lowest BCUT2D eigenvalue weighted by Crippen LogP contribution is -2.44. The number of nitrogens with one attached hydrogen (secondary N) is 1. The fourth-order valence-corrected chi connectivity index (χ4v) is 2.63. The highest BCUT2D eigenvalue weighted by atomic mass is 16.6. The molecule has 5 nitrogen and oxygen atoms in total. The predicted octanol–water partition coefficient (Wildman–Crippen LogP) is 4.13. The summed E-state index contributed by atoms with van der Waals surface area (Å²) in [5, 5.41) is 2.62. The molecule has 1 atom stereocenters. The fourth-order valence-electron chi connectivity index (χ4n) is 2.63. The van der Waals surface area contributed by atoms with Crippen LogP contribution in [0.1, 0.15) is 11.1 Å². The number of rotatable bonds is 7. The summed E-state index contributed by atoms with van der Waals surface area (Å²) >= 11 is 0. The van der Waals surface area contributed by atoms with Gasteiger partial charge in [-0.15, -0.1) is 0 Å². The highest BCUT2D eigenvalue weighted by Gasteiger charge is 2.24. The van der Waals surface area contributed by atoms with Crippen LogP contribution < -0.4 is 10.1 Å². The lowest BCUT2D eigenvalue weighted by Gasteiger charge is -2.17. The van der Waals surface area contributed by atoms with E-state index in [0.717, 1.165) is 11.1 Å².